The first-order valence-electron chi connectivity index (χ1n) is 18.9. The fraction of sp³-hybridized carbons (Fsp3) is 0.447. The molecule has 2 N–H and O–H groups in total. The van der Waals surface area contributed by atoms with Gasteiger partial charge < -0.3 is 14.4 Å². The van der Waals surface area contributed by atoms with Gasteiger partial charge in [0.05, 0.1) is 0 Å². The lowest BCUT2D eigenvalue weighted by Gasteiger charge is -2.27. The molecule has 4 aromatic carbocycles. The standard InChI is InChI=1S/C47H55F3O5S/c1-14-39-27-15-29-21-36(44(5,6)7)23-31(40(29)51)17-33-25-38(46(11,12)13)26-34(42(33)55-56(53,54)47(48,49)50)18-32-24-37(45(8,9)10)22-30(41(32)52)16-28(39)20-35(19-27)43(2,3)4/h1,19-26,51-52H,15-18H2,2-13H3. The minimum absolute atomic E-state index is 0.0687. The molecule has 4 aromatic rings. The second-order valence-electron chi connectivity index (χ2n) is 19.4. The van der Waals surface area contributed by atoms with E-state index in [9.17, 15) is 31.8 Å². The Morgan fingerprint density at radius 1 is 0.518 bits per heavy atom. The van der Waals surface area contributed by atoms with E-state index in [0.29, 0.717) is 33.4 Å². The zero-order chi connectivity index (χ0) is 42.1. The Morgan fingerprint density at radius 3 is 1.02 bits per heavy atom. The molecule has 0 radical (unpaired) electrons. The molecular formula is C47H55F3O5S. The van der Waals surface area contributed by atoms with Crippen molar-refractivity contribution in [3.8, 4) is 29.6 Å². The third-order valence-electron chi connectivity index (χ3n) is 10.7. The Hall–Kier alpha value is -4.42. The number of phenolic OH excluding ortho intramolecular Hbond substituents is 2. The summed E-state index contributed by atoms with van der Waals surface area (Å²) < 4.78 is 73.1. The average Bonchev–Trinajstić information content (AvgIpc) is 3.02. The van der Waals surface area contributed by atoms with Crippen molar-refractivity contribution in [2.75, 3.05) is 0 Å². The van der Waals surface area contributed by atoms with Crippen molar-refractivity contribution in [1.29, 1.82) is 0 Å². The van der Waals surface area contributed by atoms with E-state index < -0.39 is 37.6 Å². The zero-order valence-electron chi connectivity index (χ0n) is 34.7. The predicted molar refractivity (Wildman–Crippen MR) is 219 cm³/mol. The molecule has 0 heterocycles. The Bertz CT molecular complexity index is 2230. The molecule has 1 aliphatic carbocycles. The lowest BCUT2D eigenvalue weighted by molar-refractivity contribution is -0.0500. The fourth-order valence-electron chi connectivity index (χ4n) is 7.12. The molecule has 0 unspecified atom stereocenters. The number of halogens is 3. The quantitative estimate of drug-likeness (QED) is 0.106. The van der Waals surface area contributed by atoms with Gasteiger partial charge in [0.25, 0.3) is 0 Å². The summed E-state index contributed by atoms with van der Waals surface area (Å²) in [5.74, 6) is 2.31. The number of rotatable bonds is 2. The Balaban J connectivity index is 1.99. The predicted octanol–water partition coefficient (Wildman–Crippen LogP) is 11.2. The summed E-state index contributed by atoms with van der Waals surface area (Å²) in [7, 11) is -6.13. The lowest BCUT2D eigenvalue weighted by atomic mass is 9.78. The maximum absolute atomic E-state index is 14.1. The molecular weight excluding hydrogens is 734 g/mol. The van der Waals surface area contributed by atoms with Crippen molar-refractivity contribution in [3.63, 3.8) is 0 Å². The Morgan fingerprint density at radius 2 is 0.768 bits per heavy atom. The van der Waals surface area contributed by atoms with Crippen LogP contribution in [0.25, 0.3) is 0 Å². The van der Waals surface area contributed by atoms with Gasteiger partial charge >= 0.3 is 15.6 Å². The number of hydrogen-bond donors (Lipinski definition) is 2. The SMILES string of the molecule is C#Cc1c2cc(C(C)(C)C)cc1Cc1cc(C(C)(C)C)cc(c1O)Cc1cc(C(C)(C)C)cc(c1OS(=O)(=O)C(F)(F)F)Cc1cc(C(C)(C)C)cc(c1O)C2. The molecule has 0 saturated carbocycles. The van der Waals surface area contributed by atoms with Crippen molar-refractivity contribution in [2.24, 2.45) is 0 Å². The first kappa shape index (κ1) is 42.7. The van der Waals surface area contributed by atoms with Gasteiger partial charge in [0.15, 0.2) is 0 Å². The number of phenols is 2. The van der Waals surface area contributed by atoms with Gasteiger partial charge in [0.2, 0.25) is 0 Å². The van der Waals surface area contributed by atoms with Crippen LogP contribution >= 0.6 is 0 Å². The van der Waals surface area contributed by atoms with E-state index in [1.54, 1.807) is 12.1 Å². The van der Waals surface area contributed by atoms with Gasteiger partial charge in [-0.1, -0.05) is 138 Å². The zero-order valence-corrected chi connectivity index (χ0v) is 35.5. The summed E-state index contributed by atoms with van der Waals surface area (Å²) in [6.45, 7) is 24.3. The summed E-state index contributed by atoms with van der Waals surface area (Å²) in [6, 6.07) is 14.9. The molecule has 0 saturated heterocycles. The van der Waals surface area contributed by atoms with Crippen LogP contribution in [0.3, 0.4) is 0 Å². The van der Waals surface area contributed by atoms with Crippen LogP contribution in [-0.2, 0) is 57.5 Å². The van der Waals surface area contributed by atoms with E-state index >= 15 is 0 Å². The lowest BCUT2D eigenvalue weighted by Crippen LogP contribution is -2.29. The van der Waals surface area contributed by atoms with Crippen LogP contribution in [-0.4, -0.2) is 24.1 Å². The smallest absolute Gasteiger partial charge is 0.507 e. The van der Waals surface area contributed by atoms with E-state index in [2.05, 4.69) is 38.8 Å². The third-order valence-corrected chi connectivity index (χ3v) is 11.6. The second kappa shape index (κ2) is 14.2. The molecule has 0 aromatic heterocycles. The highest BCUT2D eigenvalue weighted by Crippen LogP contribution is 2.43. The van der Waals surface area contributed by atoms with E-state index in [-0.39, 0.29) is 53.7 Å². The van der Waals surface area contributed by atoms with Crippen LogP contribution in [0.1, 0.15) is 155 Å². The molecule has 5 rings (SSSR count). The summed E-state index contributed by atoms with van der Waals surface area (Å²) >= 11 is 0. The molecule has 56 heavy (non-hydrogen) atoms. The van der Waals surface area contributed by atoms with Gasteiger partial charge in [-0.15, -0.1) is 6.42 Å². The molecule has 0 atom stereocenters. The van der Waals surface area contributed by atoms with Crippen LogP contribution < -0.4 is 4.18 Å². The maximum Gasteiger partial charge on any atom is 0.534 e. The molecule has 5 nitrogen and oxygen atoms in total. The first-order chi connectivity index (χ1) is 25.4. The Labute approximate surface area is 331 Å². The van der Waals surface area contributed by atoms with Crippen molar-refractivity contribution < 1.29 is 36.0 Å². The van der Waals surface area contributed by atoms with Gasteiger partial charge in [-0.05, 0) is 77.3 Å². The average molecular weight is 789 g/mol. The van der Waals surface area contributed by atoms with Crippen LogP contribution in [0.15, 0.2) is 48.5 Å². The van der Waals surface area contributed by atoms with E-state index in [4.69, 9.17) is 10.6 Å². The van der Waals surface area contributed by atoms with Gasteiger partial charge in [-0.3, -0.25) is 0 Å². The fourth-order valence-corrected chi connectivity index (χ4v) is 7.65. The number of fused-ring (bicyclic) bond motifs is 8. The van der Waals surface area contributed by atoms with Crippen molar-refractivity contribution in [1.82, 2.24) is 0 Å². The van der Waals surface area contributed by atoms with Crippen molar-refractivity contribution in [3.05, 3.63) is 121 Å². The molecule has 0 amide bonds. The molecule has 1 aliphatic rings. The van der Waals surface area contributed by atoms with E-state index in [1.165, 1.54) is 0 Å². The monoisotopic (exact) mass is 788 g/mol. The summed E-state index contributed by atoms with van der Waals surface area (Å²) in [5, 5.41) is 24.2. The maximum atomic E-state index is 14.1. The highest BCUT2D eigenvalue weighted by Gasteiger charge is 2.49. The summed E-state index contributed by atoms with van der Waals surface area (Å²) in [6.07, 6.45) is 6.46. The number of hydrogen-bond acceptors (Lipinski definition) is 5. The third kappa shape index (κ3) is 8.76. The molecule has 9 heteroatoms. The summed E-state index contributed by atoms with van der Waals surface area (Å²) in [4.78, 5) is 0. The molecule has 300 valence electrons. The largest absolute Gasteiger partial charge is 0.534 e. The summed E-state index contributed by atoms with van der Waals surface area (Å²) in [5.41, 5.74) is 0.575. The number of terminal acetylenes is 1. The number of alkyl halides is 3. The van der Waals surface area contributed by atoms with Crippen LogP contribution in [0.5, 0.6) is 17.2 Å². The van der Waals surface area contributed by atoms with E-state index in [0.717, 1.165) is 27.8 Å². The highest BCUT2D eigenvalue weighted by atomic mass is 32.2. The van der Waals surface area contributed by atoms with Crippen molar-refractivity contribution in [2.45, 2.75) is 136 Å². The van der Waals surface area contributed by atoms with Crippen LogP contribution in [0.2, 0.25) is 0 Å². The van der Waals surface area contributed by atoms with Crippen molar-refractivity contribution >= 4 is 10.1 Å². The first-order valence-corrected chi connectivity index (χ1v) is 20.3. The van der Waals surface area contributed by atoms with Gasteiger partial charge in [0.1, 0.15) is 17.2 Å². The van der Waals surface area contributed by atoms with E-state index in [1.807, 2.05) is 86.6 Å². The van der Waals surface area contributed by atoms with Crippen LogP contribution in [0, 0.1) is 12.3 Å². The van der Waals surface area contributed by atoms with Gasteiger partial charge in [-0.2, -0.15) is 21.6 Å². The molecule has 0 aliphatic heterocycles. The molecule has 0 fully saturated rings. The molecule has 0 spiro atoms. The minimum atomic E-state index is -6.13. The van der Waals surface area contributed by atoms with Gasteiger partial charge in [0, 0.05) is 42.4 Å². The normalized spacial score (nSPS) is 14.3. The van der Waals surface area contributed by atoms with Crippen LogP contribution in [0.4, 0.5) is 13.2 Å². The van der Waals surface area contributed by atoms with Gasteiger partial charge in [-0.25, -0.2) is 0 Å². The highest BCUT2D eigenvalue weighted by molar-refractivity contribution is 7.88. The number of benzene rings is 4. The Kier molecular flexibility index (Phi) is 10.8. The minimum Gasteiger partial charge on any atom is -0.507 e. The second-order valence-corrected chi connectivity index (χ2v) is 21.0. The topological polar surface area (TPSA) is 83.8 Å². The molecule has 8 bridgehead atoms. The number of aromatic hydroxyl groups is 2.